The van der Waals surface area contributed by atoms with Gasteiger partial charge in [0.25, 0.3) is 0 Å². The van der Waals surface area contributed by atoms with Crippen LogP contribution in [0.15, 0.2) is 18.2 Å². The van der Waals surface area contributed by atoms with Crippen LogP contribution in [-0.4, -0.2) is 18.9 Å². The first kappa shape index (κ1) is 15.8. The van der Waals surface area contributed by atoms with E-state index in [1.165, 1.54) is 0 Å². The molecule has 19 heavy (non-hydrogen) atoms. The van der Waals surface area contributed by atoms with E-state index in [1.54, 1.807) is 6.07 Å². The van der Waals surface area contributed by atoms with Gasteiger partial charge in [0.05, 0.1) is 0 Å². The van der Waals surface area contributed by atoms with Crippen LogP contribution >= 0.6 is 11.6 Å². The van der Waals surface area contributed by atoms with Crippen LogP contribution in [0.25, 0.3) is 0 Å². The third kappa shape index (κ3) is 4.13. The molecule has 0 spiro atoms. The molecule has 3 N–H and O–H groups in total. The minimum atomic E-state index is 0.0923. The number of nitrogen functional groups attached to an aromatic ring is 1. The lowest BCUT2D eigenvalue weighted by Crippen LogP contribution is -2.31. The summed E-state index contributed by atoms with van der Waals surface area (Å²) in [5, 5.41) is 8.38. The van der Waals surface area contributed by atoms with E-state index in [4.69, 9.17) is 22.7 Å². The number of hydrogen-bond acceptors (Lipinski definition) is 2. The molecule has 0 aromatic heterocycles. The second-order valence-electron chi connectivity index (χ2n) is 4.80. The Kier molecular flexibility index (Phi) is 6.16. The zero-order chi connectivity index (χ0) is 14.4. The number of nitrogens with one attached hydrogen (secondary N) is 1. The Hall–Kier alpha value is -1.22. The summed E-state index contributed by atoms with van der Waals surface area (Å²) < 4.78 is 0. The lowest BCUT2D eigenvalue weighted by Gasteiger charge is -2.29. The summed E-state index contributed by atoms with van der Waals surface area (Å²) in [6.45, 7) is 8.41. The highest BCUT2D eigenvalue weighted by Crippen LogP contribution is 2.26. The van der Waals surface area contributed by atoms with Crippen LogP contribution in [0.1, 0.15) is 39.2 Å². The Labute approximate surface area is 121 Å². The standard InChI is InChI=1S/C15H24ClN3/c1-4-11(5-2)10-19(6-3)14-9-12(16)7-8-13(14)15(17)18/h7-9,11H,4-6,10H2,1-3H3,(H3,17,18). The number of benzene rings is 1. The van der Waals surface area contributed by atoms with Crippen LogP contribution in [0.4, 0.5) is 5.69 Å². The Bertz CT molecular complexity index is 427. The van der Waals surface area contributed by atoms with E-state index < -0.39 is 0 Å². The summed E-state index contributed by atoms with van der Waals surface area (Å²) in [6, 6.07) is 5.52. The number of amidine groups is 1. The SMILES string of the molecule is CCC(CC)CN(CC)c1cc(Cl)ccc1C(=N)N. The second kappa shape index (κ2) is 7.39. The molecule has 0 unspecified atom stereocenters. The van der Waals surface area contributed by atoms with Crippen LogP contribution in [0.2, 0.25) is 5.02 Å². The molecule has 0 radical (unpaired) electrons. The molecule has 1 aromatic rings. The molecule has 0 amide bonds. The average Bonchev–Trinajstić information content (AvgIpc) is 2.40. The van der Waals surface area contributed by atoms with Crippen molar-refractivity contribution in [1.29, 1.82) is 5.41 Å². The molecule has 4 heteroatoms. The molecule has 0 aliphatic rings. The Morgan fingerprint density at radius 1 is 1.32 bits per heavy atom. The van der Waals surface area contributed by atoms with Crippen LogP contribution in [0.3, 0.4) is 0 Å². The first-order valence-corrected chi connectivity index (χ1v) is 7.30. The van der Waals surface area contributed by atoms with Crippen LogP contribution < -0.4 is 10.6 Å². The van der Waals surface area contributed by atoms with Crippen LogP contribution in [0.5, 0.6) is 0 Å². The molecule has 0 saturated carbocycles. The summed E-state index contributed by atoms with van der Waals surface area (Å²) in [7, 11) is 0. The highest BCUT2D eigenvalue weighted by atomic mass is 35.5. The molecule has 1 rings (SSSR count). The van der Waals surface area contributed by atoms with Crippen molar-refractivity contribution in [1.82, 2.24) is 0 Å². The number of nitrogens with two attached hydrogens (primary N) is 1. The fourth-order valence-corrected chi connectivity index (χ4v) is 2.42. The summed E-state index contributed by atoms with van der Waals surface area (Å²) >= 11 is 6.09. The molecule has 0 aliphatic heterocycles. The van der Waals surface area contributed by atoms with Gasteiger partial charge in [-0.2, -0.15) is 0 Å². The highest BCUT2D eigenvalue weighted by Gasteiger charge is 2.15. The third-order valence-corrected chi connectivity index (χ3v) is 3.84. The summed E-state index contributed by atoms with van der Waals surface area (Å²) in [6.07, 6.45) is 2.31. The smallest absolute Gasteiger partial charge is 0.124 e. The van der Waals surface area contributed by atoms with E-state index in [-0.39, 0.29) is 5.84 Å². The van der Waals surface area contributed by atoms with Gasteiger partial charge >= 0.3 is 0 Å². The van der Waals surface area contributed by atoms with E-state index in [9.17, 15) is 0 Å². The Balaban J connectivity index is 3.09. The quantitative estimate of drug-likeness (QED) is 0.588. The van der Waals surface area contributed by atoms with Gasteiger partial charge in [-0.05, 0) is 31.0 Å². The Morgan fingerprint density at radius 2 is 1.95 bits per heavy atom. The molecule has 0 saturated heterocycles. The first-order valence-electron chi connectivity index (χ1n) is 6.92. The van der Waals surface area contributed by atoms with Crippen molar-refractivity contribution in [2.45, 2.75) is 33.6 Å². The number of anilines is 1. The molecule has 0 atom stereocenters. The highest BCUT2D eigenvalue weighted by molar-refractivity contribution is 6.31. The molecule has 0 aliphatic carbocycles. The topological polar surface area (TPSA) is 53.1 Å². The van der Waals surface area contributed by atoms with Gasteiger partial charge in [-0.3, -0.25) is 5.41 Å². The fraction of sp³-hybridized carbons (Fsp3) is 0.533. The van der Waals surface area contributed by atoms with Crippen LogP contribution in [-0.2, 0) is 0 Å². The molecule has 1 aromatic carbocycles. The van der Waals surface area contributed by atoms with E-state index >= 15 is 0 Å². The minimum Gasteiger partial charge on any atom is -0.384 e. The zero-order valence-corrected chi connectivity index (χ0v) is 12.8. The van der Waals surface area contributed by atoms with Crippen LogP contribution in [0, 0.1) is 11.3 Å². The third-order valence-electron chi connectivity index (χ3n) is 3.61. The molecule has 0 bridgehead atoms. The predicted octanol–water partition coefficient (Wildman–Crippen LogP) is 3.89. The number of rotatable bonds is 7. The van der Waals surface area contributed by atoms with Gasteiger partial charge in [0.2, 0.25) is 0 Å². The lowest BCUT2D eigenvalue weighted by atomic mass is 10.0. The van der Waals surface area contributed by atoms with Crippen molar-refractivity contribution in [3.63, 3.8) is 0 Å². The van der Waals surface area contributed by atoms with Gasteiger partial charge in [0.15, 0.2) is 0 Å². The van der Waals surface area contributed by atoms with Crippen molar-refractivity contribution in [3.05, 3.63) is 28.8 Å². The molecular formula is C15H24ClN3. The van der Waals surface area contributed by atoms with Crippen molar-refractivity contribution in [2.24, 2.45) is 11.7 Å². The van der Waals surface area contributed by atoms with Gasteiger partial charge < -0.3 is 10.6 Å². The number of hydrogen-bond donors (Lipinski definition) is 2. The summed E-state index contributed by atoms with van der Waals surface area (Å²) in [5.41, 5.74) is 7.39. The van der Waals surface area contributed by atoms with Crippen molar-refractivity contribution < 1.29 is 0 Å². The van der Waals surface area contributed by atoms with E-state index in [0.717, 1.165) is 37.2 Å². The summed E-state index contributed by atoms with van der Waals surface area (Å²) in [5.74, 6) is 0.744. The predicted molar refractivity (Wildman–Crippen MR) is 84.4 cm³/mol. The number of nitrogens with zero attached hydrogens (tertiary/aromatic N) is 1. The molecule has 3 nitrogen and oxygen atoms in total. The second-order valence-corrected chi connectivity index (χ2v) is 5.23. The average molecular weight is 282 g/mol. The van der Waals surface area contributed by atoms with E-state index in [1.807, 2.05) is 12.1 Å². The first-order chi connectivity index (χ1) is 9.03. The molecule has 106 valence electrons. The van der Waals surface area contributed by atoms with Crippen molar-refractivity contribution in [3.8, 4) is 0 Å². The molecule has 0 heterocycles. The van der Waals surface area contributed by atoms with E-state index in [0.29, 0.717) is 10.9 Å². The maximum atomic E-state index is 7.70. The fourth-order valence-electron chi connectivity index (χ4n) is 2.25. The maximum Gasteiger partial charge on any atom is 0.124 e. The normalized spacial score (nSPS) is 10.8. The van der Waals surface area contributed by atoms with Gasteiger partial charge in [0, 0.05) is 29.4 Å². The van der Waals surface area contributed by atoms with Crippen molar-refractivity contribution >= 4 is 23.1 Å². The molecular weight excluding hydrogens is 258 g/mol. The largest absolute Gasteiger partial charge is 0.384 e. The van der Waals surface area contributed by atoms with Crippen molar-refractivity contribution in [2.75, 3.05) is 18.0 Å². The monoisotopic (exact) mass is 281 g/mol. The molecule has 0 fully saturated rings. The zero-order valence-electron chi connectivity index (χ0n) is 12.0. The van der Waals surface area contributed by atoms with Gasteiger partial charge in [0.1, 0.15) is 5.84 Å². The Morgan fingerprint density at radius 3 is 2.42 bits per heavy atom. The van der Waals surface area contributed by atoms with E-state index in [2.05, 4.69) is 25.7 Å². The van der Waals surface area contributed by atoms with Gasteiger partial charge in [-0.15, -0.1) is 0 Å². The minimum absolute atomic E-state index is 0.0923. The summed E-state index contributed by atoms with van der Waals surface area (Å²) in [4.78, 5) is 2.26. The van der Waals surface area contributed by atoms with Gasteiger partial charge in [-0.25, -0.2) is 0 Å². The lowest BCUT2D eigenvalue weighted by molar-refractivity contribution is 0.486. The maximum absolute atomic E-state index is 7.70. The number of halogens is 1. The van der Waals surface area contributed by atoms with Gasteiger partial charge in [-0.1, -0.05) is 38.3 Å².